The molecule has 1 aromatic carbocycles. The van der Waals surface area contributed by atoms with Gasteiger partial charge in [0.2, 0.25) is 0 Å². The molecule has 5 nitrogen and oxygen atoms in total. The van der Waals surface area contributed by atoms with Crippen LogP contribution < -0.4 is 10.1 Å². The summed E-state index contributed by atoms with van der Waals surface area (Å²) in [5.74, 6) is 0.273. The first-order valence-corrected chi connectivity index (χ1v) is 9.56. The third-order valence-electron chi connectivity index (χ3n) is 4.06. The minimum atomic E-state index is -0.321. The molecule has 5 heteroatoms. The number of nitrogens with zero attached hydrogens (tertiary/aromatic N) is 1. The van der Waals surface area contributed by atoms with Crippen LogP contribution in [-0.4, -0.2) is 50.3 Å². The molecule has 0 heterocycles. The third-order valence-corrected chi connectivity index (χ3v) is 4.06. The van der Waals surface area contributed by atoms with Gasteiger partial charge < -0.3 is 19.7 Å². The Morgan fingerprint density at radius 3 is 2.48 bits per heavy atom. The fourth-order valence-electron chi connectivity index (χ4n) is 2.43. The molecule has 0 spiro atoms. The molecule has 0 aliphatic carbocycles. The Morgan fingerprint density at radius 2 is 1.84 bits per heavy atom. The van der Waals surface area contributed by atoms with Gasteiger partial charge in [-0.05, 0) is 38.1 Å². The van der Waals surface area contributed by atoms with Crippen molar-refractivity contribution in [1.29, 1.82) is 0 Å². The monoisotopic (exact) mass is 350 g/mol. The summed E-state index contributed by atoms with van der Waals surface area (Å²) in [4.78, 5) is 14.6. The van der Waals surface area contributed by atoms with Crippen LogP contribution in [-0.2, 0) is 4.74 Å². The largest absolute Gasteiger partial charge is 0.493 e. The second-order valence-electron chi connectivity index (χ2n) is 6.00. The number of benzene rings is 1. The molecule has 0 saturated carbocycles. The van der Waals surface area contributed by atoms with E-state index in [1.165, 1.54) is 0 Å². The van der Waals surface area contributed by atoms with Gasteiger partial charge in [-0.25, -0.2) is 4.79 Å². The molecule has 1 aromatic rings. The summed E-state index contributed by atoms with van der Waals surface area (Å²) in [5.41, 5.74) is 1.47. The minimum absolute atomic E-state index is 0.321. The summed E-state index contributed by atoms with van der Waals surface area (Å²) >= 11 is 0. The van der Waals surface area contributed by atoms with Crippen LogP contribution >= 0.6 is 0 Å². The van der Waals surface area contributed by atoms with Crippen LogP contribution in [0.5, 0.6) is 5.75 Å². The summed E-state index contributed by atoms with van der Waals surface area (Å²) < 4.78 is 11.2. The Labute approximate surface area is 152 Å². The number of nitrogens with one attached hydrogen (secondary N) is 1. The molecule has 0 amide bonds. The molecule has 1 rings (SSSR count). The fourth-order valence-corrected chi connectivity index (χ4v) is 2.43. The lowest BCUT2D eigenvalue weighted by Crippen LogP contribution is -2.28. The zero-order valence-corrected chi connectivity index (χ0v) is 16.3. The standard InChI is InChI=1S/C20H34N2O3/c1-5-9-12-21-17-10-11-18(19(16-17)24-14-6-2)20(23)25-15-13-22(7-3)8-4/h10-11,16,21H,5-9,12-15H2,1-4H3. The molecular formula is C20H34N2O3. The van der Waals surface area contributed by atoms with E-state index in [1.54, 1.807) is 6.07 Å². The van der Waals surface area contributed by atoms with E-state index >= 15 is 0 Å². The predicted octanol–water partition coefficient (Wildman–Crippen LogP) is 4.19. The lowest BCUT2D eigenvalue weighted by molar-refractivity contribution is 0.0462. The van der Waals surface area contributed by atoms with E-state index in [0.717, 1.165) is 51.1 Å². The van der Waals surface area contributed by atoms with Crippen LogP contribution in [0.15, 0.2) is 18.2 Å². The number of unbranched alkanes of at least 4 members (excludes halogenated alkanes) is 1. The maximum Gasteiger partial charge on any atom is 0.341 e. The molecule has 0 saturated heterocycles. The Balaban J connectivity index is 2.72. The number of rotatable bonds is 13. The number of hydrogen-bond donors (Lipinski definition) is 1. The number of carbonyl (C=O) groups excluding carboxylic acids is 1. The molecular weight excluding hydrogens is 316 g/mol. The zero-order valence-electron chi connectivity index (χ0n) is 16.3. The maximum atomic E-state index is 12.4. The highest BCUT2D eigenvalue weighted by Crippen LogP contribution is 2.25. The number of ether oxygens (including phenoxy) is 2. The fraction of sp³-hybridized carbons (Fsp3) is 0.650. The smallest absolute Gasteiger partial charge is 0.341 e. The summed E-state index contributed by atoms with van der Waals surface area (Å²) in [6, 6.07) is 5.60. The van der Waals surface area contributed by atoms with Crippen molar-refractivity contribution in [2.75, 3.05) is 44.7 Å². The van der Waals surface area contributed by atoms with Crippen molar-refractivity contribution >= 4 is 11.7 Å². The first kappa shape index (κ1) is 21.3. The Kier molecular flexibility index (Phi) is 10.7. The number of esters is 1. The molecule has 0 bridgehead atoms. The van der Waals surface area contributed by atoms with Crippen molar-refractivity contribution in [3.63, 3.8) is 0 Å². The lowest BCUT2D eigenvalue weighted by Gasteiger charge is -2.18. The van der Waals surface area contributed by atoms with Gasteiger partial charge in [-0.1, -0.05) is 34.1 Å². The molecule has 25 heavy (non-hydrogen) atoms. The van der Waals surface area contributed by atoms with E-state index in [0.29, 0.717) is 24.5 Å². The highest BCUT2D eigenvalue weighted by molar-refractivity contribution is 5.93. The van der Waals surface area contributed by atoms with E-state index in [9.17, 15) is 4.79 Å². The SMILES string of the molecule is CCCCNc1ccc(C(=O)OCCN(CC)CC)c(OCCC)c1. The maximum absolute atomic E-state index is 12.4. The quantitative estimate of drug-likeness (QED) is 0.427. The normalized spacial score (nSPS) is 10.8. The Bertz CT molecular complexity index is 502. The first-order valence-electron chi connectivity index (χ1n) is 9.56. The second kappa shape index (κ2) is 12.6. The molecule has 0 unspecified atom stereocenters. The number of likely N-dealkylation sites (N-methyl/N-ethyl adjacent to an activating group) is 1. The van der Waals surface area contributed by atoms with Gasteiger partial charge in [0.05, 0.1) is 6.61 Å². The Morgan fingerprint density at radius 1 is 1.08 bits per heavy atom. The van der Waals surface area contributed by atoms with Crippen molar-refractivity contribution in [1.82, 2.24) is 4.90 Å². The lowest BCUT2D eigenvalue weighted by atomic mass is 10.1. The van der Waals surface area contributed by atoms with Gasteiger partial charge in [0, 0.05) is 24.8 Å². The van der Waals surface area contributed by atoms with Crippen LogP contribution in [0.4, 0.5) is 5.69 Å². The number of anilines is 1. The van der Waals surface area contributed by atoms with Crippen LogP contribution in [0.2, 0.25) is 0 Å². The van der Waals surface area contributed by atoms with E-state index in [1.807, 2.05) is 19.1 Å². The molecule has 142 valence electrons. The summed E-state index contributed by atoms with van der Waals surface area (Å²) in [5, 5.41) is 3.36. The first-order chi connectivity index (χ1) is 12.2. The summed E-state index contributed by atoms with van der Waals surface area (Å²) in [6.07, 6.45) is 3.15. The Hall–Kier alpha value is -1.75. The molecule has 0 radical (unpaired) electrons. The van der Waals surface area contributed by atoms with Gasteiger partial charge >= 0.3 is 5.97 Å². The van der Waals surface area contributed by atoms with Crippen molar-refractivity contribution in [3.8, 4) is 5.75 Å². The van der Waals surface area contributed by atoms with E-state index in [2.05, 4.69) is 31.0 Å². The molecule has 0 aliphatic rings. The average Bonchev–Trinajstić information content (AvgIpc) is 2.63. The van der Waals surface area contributed by atoms with E-state index in [-0.39, 0.29) is 5.97 Å². The topological polar surface area (TPSA) is 50.8 Å². The van der Waals surface area contributed by atoms with Crippen LogP contribution in [0, 0.1) is 0 Å². The van der Waals surface area contributed by atoms with Crippen LogP contribution in [0.25, 0.3) is 0 Å². The molecule has 1 N–H and O–H groups in total. The van der Waals surface area contributed by atoms with Gasteiger partial charge in [0.1, 0.15) is 17.9 Å². The zero-order chi connectivity index (χ0) is 18.5. The van der Waals surface area contributed by atoms with Crippen molar-refractivity contribution in [2.24, 2.45) is 0 Å². The molecule has 0 fully saturated rings. The van der Waals surface area contributed by atoms with Gasteiger partial charge in [-0.2, -0.15) is 0 Å². The minimum Gasteiger partial charge on any atom is -0.493 e. The molecule has 0 aromatic heterocycles. The van der Waals surface area contributed by atoms with Crippen LogP contribution in [0.3, 0.4) is 0 Å². The van der Waals surface area contributed by atoms with Gasteiger partial charge in [-0.15, -0.1) is 0 Å². The number of carbonyl (C=O) groups is 1. The summed E-state index contributed by atoms with van der Waals surface area (Å²) in [6.45, 7) is 13.0. The number of hydrogen-bond acceptors (Lipinski definition) is 5. The highest BCUT2D eigenvalue weighted by Gasteiger charge is 2.15. The van der Waals surface area contributed by atoms with Crippen LogP contribution in [0.1, 0.15) is 57.3 Å². The third kappa shape index (κ3) is 7.78. The predicted molar refractivity (Wildman–Crippen MR) is 104 cm³/mol. The summed E-state index contributed by atoms with van der Waals surface area (Å²) in [7, 11) is 0. The highest BCUT2D eigenvalue weighted by atomic mass is 16.5. The van der Waals surface area contributed by atoms with Crippen molar-refractivity contribution in [2.45, 2.75) is 47.0 Å². The van der Waals surface area contributed by atoms with E-state index in [4.69, 9.17) is 9.47 Å². The van der Waals surface area contributed by atoms with E-state index < -0.39 is 0 Å². The molecule has 0 atom stereocenters. The average molecular weight is 351 g/mol. The van der Waals surface area contributed by atoms with Gasteiger partial charge in [-0.3, -0.25) is 0 Å². The van der Waals surface area contributed by atoms with Crippen molar-refractivity contribution < 1.29 is 14.3 Å². The second-order valence-corrected chi connectivity index (χ2v) is 6.00. The van der Waals surface area contributed by atoms with Crippen molar-refractivity contribution in [3.05, 3.63) is 23.8 Å². The van der Waals surface area contributed by atoms with Gasteiger partial charge in [0.25, 0.3) is 0 Å². The van der Waals surface area contributed by atoms with Gasteiger partial charge in [0.15, 0.2) is 0 Å². The molecule has 0 aliphatic heterocycles.